The summed E-state index contributed by atoms with van der Waals surface area (Å²) in [5.41, 5.74) is 0. The summed E-state index contributed by atoms with van der Waals surface area (Å²) in [6.45, 7) is 6.48. The smallest absolute Gasteiger partial charge is 0.244 e. The molecule has 0 amide bonds. The molecule has 1 N–H and O–H groups in total. The molecule has 1 heterocycles. The number of sulfonamides is 1. The Morgan fingerprint density at radius 3 is 2.48 bits per heavy atom. The van der Waals surface area contributed by atoms with Crippen molar-refractivity contribution in [1.29, 1.82) is 0 Å². The molecule has 126 valence electrons. The van der Waals surface area contributed by atoms with E-state index in [4.69, 9.17) is 4.74 Å². The van der Waals surface area contributed by atoms with E-state index in [1.165, 1.54) is 10.9 Å². The van der Waals surface area contributed by atoms with E-state index in [-0.39, 0.29) is 16.9 Å². The molecule has 0 saturated carbocycles. The van der Waals surface area contributed by atoms with E-state index in [1.807, 2.05) is 20.8 Å². The first kappa shape index (κ1) is 17.4. The van der Waals surface area contributed by atoms with Crippen LogP contribution in [0, 0.1) is 5.92 Å². The van der Waals surface area contributed by atoms with Gasteiger partial charge in [-0.05, 0) is 25.0 Å². The molecule has 0 radical (unpaired) electrons. The minimum absolute atomic E-state index is 0.0787. The molecule has 23 heavy (non-hydrogen) atoms. The first-order valence-corrected chi connectivity index (χ1v) is 9.00. The van der Waals surface area contributed by atoms with Crippen molar-refractivity contribution in [2.45, 2.75) is 38.3 Å². The van der Waals surface area contributed by atoms with Crippen molar-refractivity contribution < 1.29 is 13.2 Å². The molecule has 2 aromatic rings. The number of nitrogens with zero attached hydrogens (tertiary/aromatic N) is 3. The standard InChI is InChI=1S/C15H22N4O3S/c1-4-22-14-7-5-6-8-15(14)23(20,21)18-13(12(2)3)11-19-16-9-10-17-19/h5-10,12-13,18H,4,11H2,1-3H3. The van der Waals surface area contributed by atoms with Gasteiger partial charge in [-0.1, -0.05) is 26.0 Å². The molecule has 1 unspecified atom stereocenters. The Morgan fingerprint density at radius 2 is 1.87 bits per heavy atom. The molecule has 0 spiro atoms. The van der Waals surface area contributed by atoms with Crippen molar-refractivity contribution in [3.63, 3.8) is 0 Å². The van der Waals surface area contributed by atoms with Crippen LogP contribution in [0.3, 0.4) is 0 Å². The quantitative estimate of drug-likeness (QED) is 0.791. The average molecular weight is 338 g/mol. The van der Waals surface area contributed by atoms with Crippen LogP contribution in [0.2, 0.25) is 0 Å². The first-order chi connectivity index (χ1) is 10.9. The first-order valence-electron chi connectivity index (χ1n) is 7.52. The Bertz CT molecular complexity index is 714. The summed E-state index contributed by atoms with van der Waals surface area (Å²) in [4.78, 5) is 1.61. The van der Waals surface area contributed by atoms with E-state index in [0.29, 0.717) is 18.9 Å². The highest BCUT2D eigenvalue weighted by atomic mass is 32.2. The van der Waals surface area contributed by atoms with Crippen molar-refractivity contribution in [2.75, 3.05) is 6.61 Å². The van der Waals surface area contributed by atoms with Crippen molar-refractivity contribution in [1.82, 2.24) is 19.7 Å². The molecule has 0 aliphatic carbocycles. The fraction of sp³-hybridized carbons (Fsp3) is 0.467. The lowest BCUT2D eigenvalue weighted by molar-refractivity contribution is 0.329. The fourth-order valence-corrected chi connectivity index (χ4v) is 3.63. The molecule has 2 rings (SSSR count). The van der Waals surface area contributed by atoms with Crippen LogP contribution >= 0.6 is 0 Å². The minimum atomic E-state index is -3.70. The molecule has 1 atom stereocenters. The summed E-state index contributed by atoms with van der Waals surface area (Å²) < 4.78 is 33.6. The van der Waals surface area contributed by atoms with Crippen LogP contribution in [0.25, 0.3) is 0 Å². The molecule has 1 aromatic heterocycles. The Kier molecular flexibility index (Phi) is 5.73. The predicted molar refractivity (Wildman–Crippen MR) is 86.6 cm³/mol. The number of hydrogen-bond acceptors (Lipinski definition) is 5. The number of ether oxygens (including phenoxy) is 1. The van der Waals surface area contributed by atoms with E-state index >= 15 is 0 Å². The van der Waals surface area contributed by atoms with E-state index < -0.39 is 10.0 Å². The third kappa shape index (κ3) is 4.52. The normalized spacial score (nSPS) is 13.2. The fourth-order valence-electron chi connectivity index (χ4n) is 2.11. The van der Waals surface area contributed by atoms with Crippen molar-refractivity contribution in [3.05, 3.63) is 36.7 Å². The Hall–Kier alpha value is -1.93. The molecule has 1 aromatic carbocycles. The monoisotopic (exact) mass is 338 g/mol. The maximum atomic E-state index is 12.7. The lowest BCUT2D eigenvalue weighted by Gasteiger charge is -2.22. The lowest BCUT2D eigenvalue weighted by Crippen LogP contribution is -2.42. The SMILES string of the molecule is CCOc1ccccc1S(=O)(=O)NC(Cn1nccn1)C(C)C. The largest absolute Gasteiger partial charge is 0.492 e. The zero-order valence-electron chi connectivity index (χ0n) is 13.5. The van der Waals surface area contributed by atoms with Gasteiger partial charge in [-0.2, -0.15) is 15.0 Å². The van der Waals surface area contributed by atoms with Crippen molar-refractivity contribution in [2.24, 2.45) is 5.92 Å². The van der Waals surface area contributed by atoms with E-state index in [2.05, 4.69) is 14.9 Å². The molecule has 0 aliphatic rings. The van der Waals surface area contributed by atoms with Gasteiger partial charge in [-0.25, -0.2) is 13.1 Å². The molecular weight excluding hydrogens is 316 g/mol. The van der Waals surface area contributed by atoms with Gasteiger partial charge < -0.3 is 4.74 Å². The van der Waals surface area contributed by atoms with Gasteiger partial charge in [0.1, 0.15) is 10.6 Å². The number of hydrogen-bond donors (Lipinski definition) is 1. The molecule has 8 heteroatoms. The molecule has 7 nitrogen and oxygen atoms in total. The third-order valence-electron chi connectivity index (χ3n) is 3.38. The summed E-state index contributed by atoms with van der Waals surface area (Å²) in [6, 6.07) is 6.28. The van der Waals surface area contributed by atoms with Crippen LogP contribution in [-0.4, -0.2) is 36.1 Å². The second kappa shape index (κ2) is 7.56. The summed E-state index contributed by atoms with van der Waals surface area (Å²) in [6.07, 6.45) is 3.13. The molecule has 0 aliphatic heterocycles. The van der Waals surface area contributed by atoms with Gasteiger partial charge in [0.05, 0.1) is 25.5 Å². The lowest BCUT2D eigenvalue weighted by atomic mass is 10.1. The van der Waals surface area contributed by atoms with Crippen LogP contribution in [0.4, 0.5) is 0 Å². The van der Waals surface area contributed by atoms with Crippen LogP contribution < -0.4 is 9.46 Å². The topological polar surface area (TPSA) is 86.1 Å². The van der Waals surface area contributed by atoms with Gasteiger partial charge in [0.2, 0.25) is 10.0 Å². The Balaban J connectivity index is 2.24. The van der Waals surface area contributed by atoms with Gasteiger partial charge in [0.15, 0.2) is 0 Å². The highest BCUT2D eigenvalue weighted by Crippen LogP contribution is 2.24. The van der Waals surface area contributed by atoms with Crippen LogP contribution in [0.5, 0.6) is 5.75 Å². The third-order valence-corrected chi connectivity index (χ3v) is 4.91. The number of benzene rings is 1. The highest BCUT2D eigenvalue weighted by molar-refractivity contribution is 7.89. The van der Waals surface area contributed by atoms with Crippen LogP contribution in [0.1, 0.15) is 20.8 Å². The van der Waals surface area contributed by atoms with E-state index in [0.717, 1.165) is 0 Å². The molecule has 0 bridgehead atoms. The maximum absolute atomic E-state index is 12.7. The van der Waals surface area contributed by atoms with Gasteiger partial charge in [-0.15, -0.1) is 0 Å². The maximum Gasteiger partial charge on any atom is 0.244 e. The van der Waals surface area contributed by atoms with Gasteiger partial charge in [-0.3, -0.25) is 0 Å². The minimum Gasteiger partial charge on any atom is -0.492 e. The summed E-state index contributed by atoms with van der Waals surface area (Å²) in [5.74, 6) is 0.428. The van der Waals surface area contributed by atoms with Crippen molar-refractivity contribution >= 4 is 10.0 Å². The van der Waals surface area contributed by atoms with Gasteiger partial charge >= 0.3 is 0 Å². The second-order valence-electron chi connectivity index (χ2n) is 5.44. The molecule has 0 fully saturated rings. The Morgan fingerprint density at radius 1 is 1.22 bits per heavy atom. The molecular formula is C15H22N4O3S. The van der Waals surface area contributed by atoms with Crippen LogP contribution in [0.15, 0.2) is 41.6 Å². The molecule has 0 saturated heterocycles. The van der Waals surface area contributed by atoms with Crippen LogP contribution in [-0.2, 0) is 16.6 Å². The van der Waals surface area contributed by atoms with Gasteiger partial charge in [0, 0.05) is 6.04 Å². The van der Waals surface area contributed by atoms with E-state index in [9.17, 15) is 8.42 Å². The Labute approximate surface area is 136 Å². The zero-order valence-corrected chi connectivity index (χ0v) is 14.3. The van der Waals surface area contributed by atoms with Crippen molar-refractivity contribution in [3.8, 4) is 5.75 Å². The zero-order chi connectivity index (χ0) is 16.9. The predicted octanol–water partition coefficient (Wildman–Crippen LogP) is 1.68. The average Bonchev–Trinajstić information content (AvgIpc) is 3.00. The second-order valence-corrected chi connectivity index (χ2v) is 7.12. The summed E-state index contributed by atoms with van der Waals surface area (Å²) in [7, 11) is -3.70. The number of aromatic nitrogens is 3. The number of para-hydroxylation sites is 1. The number of rotatable bonds is 8. The summed E-state index contributed by atoms with van der Waals surface area (Å²) >= 11 is 0. The van der Waals surface area contributed by atoms with Gasteiger partial charge in [0.25, 0.3) is 0 Å². The summed E-state index contributed by atoms with van der Waals surface area (Å²) in [5, 5.41) is 8.07. The van der Waals surface area contributed by atoms with E-state index in [1.54, 1.807) is 30.6 Å². The number of nitrogens with one attached hydrogen (secondary N) is 1. The highest BCUT2D eigenvalue weighted by Gasteiger charge is 2.25.